The van der Waals surface area contributed by atoms with Crippen LogP contribution in [0.1, 0.15) is 43.4 Å². The van der Waals surface area contributed by atoms with Crippen LogP contribution in [0.4, 0.5) is 4.39 Å². The molecule has 6 heteroatoms. The molecule has 1 atom stereocenters. The highest BCUT2D eigenvalue weighted by Crippen LogP contribution is 2.19. The summed E-state index contributed by atoms with van der Waals surface area (Å²) in [6.07, 6.45) is 1.37. The average Bonchev–Trinajstić information content (AvgIpc) is 2.74. The maximum Gasteiger partial charge on any atom is 0.242 e. The number of rotatable bonds is 11. The van der Waals surface area contributed by atoms with Crippen LogP contribution in [-0.2, 0) is 21.9 Å². The lowest BCUT2D eigenvalue weighted by Gasteiger charge is -2.30. The molecule has 0 heterocycles. The van der Waals surface area contributed by atoms with E-state index < -0.39 is 6.04 Å². The molecule has 0 saturated heterocycles. The van der Waals surface area contributed by atoms with Gasteiger partial charge in [-0.25, -0.2) is 4.39 Å². The summed E-state index contributed by atoms with van der Waals surface area (Å²) in [5.74, 6) is 0.0987. The predicted octanol–water partition coefficient (Wildman–Crippen LogP) is 4.70. The van der Waals surface area contributed by atoms with Crippen LogP contribution >= 0.6 is 11.8 Å². The van der Waals surface area contributed by atoms with Crippen LogP contribution in [0.25, 0.3) is 0 Å². The molecule has 30 heavy (non-hydrogen) atoms. The van der Waals surface area contributed by atoms with E-state index in [9.17, 15) is 14.0 Å². The Balaban J connectivity index is 2.11. The van der Waals surface area contributed by atoms with Crippen LogP contribution in [0.5, 0.6) is 0 Å². The number of nitrogens with zero attached hydrogens (tertiary/aromatic N) is 1. The van der Waals surface area contributed by atoms with Gasteiger partial charge in [-0.1, -0.05) is 61.9 Å². The van der Waals surface area contributed by atoms with E-state index in [0.717, 1.165) is 17.5 Å². The van der Waals surface area contributed by atoms with Crippen LogP contribution in [0.15, 0.2) is 48.5 Å². The van der Waals surface area contributed by atoms with Crippen molar-refractivity contribution in [2.45, 2.75) is 52.0 Å². The van der Waals surface area contributed by atoms with Gasteiger partial charge in [-0.15, -0.1) is 11.8 Å². The Labute approximate surface area is 183 Å². The zero-order valence-electron chi connectivity index (χ0n) is 18.0. The molecule has 0 radical (unpaired) electrons. The third kappa shape index (κ3) is 7.17. The maximum absolute atomic E-state index is 13.8. The second-order valence-corrected chi connectivity index (χ2v) is 8.29. The van der Waals surface area contributed by atoms with Crippen LogP contribution in [-0.4, -0.2) is 35.1 Å². The van der Waals surface area contributed by atoms with Gasteiger partial charge in [0, 0.05) is 18.8 Å². The first kappa shape index (κ1) is 23.9. The number of carbonyl (C=O) groups excluding carboxylic acids is 2. The van der Waals surface area contributed by atoms with Crippen molar-refractivity contribution < 1.29 is 14.0 Å². The third-order valence-corrected chi connectivity index (χ3v) is 5.82. The number of halogens is 1. The lowest BCUT2D eigenvalue weighted by atomic mass is 10.1. The molecule has 2 aromatic rings. The SMILES string of the molecule is CCCNC(=O)[C@@H](CC)N(Cc1ccc(C)cc1)C(=O)CSCc1ccccc1F. The number of hydrogen-bond donors (Lipinski definition) is 1. The zero-order valence-corrected chi connectivity index (χ0v) is 18.8. The summed E-state index contributed by atoms with van der Waals surface area (Å²) in [5.41, 5.74) is 2.70. The lowest BCUT2D eigenvalue weighted by Crippen LogP contribution is -2.49. The van der Waals surface area contributed by atoms with Gasteiger partial charge in [0.25, 0.3) is 0 Å². The summed E-state index contributed by atoms with van der Waals surface area (Å²) in [5, 5.41) is 2.91. The smallest absolute Gasteiger partial charge is 0.242 e. The normalized spacial score (nSPS) is 11.7. The minimum absolute atomic E-state index is 0.115. The van der Waals surface area contributed by atoms with Crippen molar-refractivity contribution in [3.05, 3.63) is 71.0 Å². The Morgan fingerprint density at radius 2 is 1.80 bits per heavy atom. The van der Waals surface area contributed by atoms with E-state index in [1.54, 1.807) is 23.1 Å². The van der Waals surface area contributed by atoms with Crippen LogP contribution < -0.4 is 5.32 Å². The summed E-state index contributed by atoms with van der Waals surface area (Å²) < 4.78 is 13.8. The number of hydrogen-bond acceptors (Lipinski definition) is 3. The van der Waals surface area contributed by atoms with Crippen molar-refractivity contribution in [3.63, 3.8) is 0 Å². The molecule has 4 nitrogen and oxygen atoms in total. The van der Waals surface area contributed by atoms with Gasteiger partial charge < -0.3 is 10.2 Å². The van der Waals surface area contributed by atoms with E-state index in [-0.39, 0.29) is 23.4 Å². The van der Waals surface area contributed by atoms with Gasteiger partial charge in [-0.2, -0.15) is 0 Å². The predicted molar refractivity (Wildman–Crippen MR) is 122 cm³/mol. The molecule has 0 bridgehead atoms. The molecule has 1 N–H and O–H groups in total. The van der Waals surface area contributed by atoms with E-state index in [0.29, 0.717) is 30.8 Å². The zero-order chi connectivity index (χ0) is 21.9. The molecule has 0 spiro atoms. The van der Waals surface area contributed by atoms with Gasteiger partial charge in [0.15, 0.2) is 0 Å². The number of aryl methyl sites for hydroxylation is 1. The second kappa shape index (κ2) is 12.4. The van der Waals surface area contributed by atoms with Crippen molar-refractivity contribution in [1.29, 1.82) is 0 Å². The molecular weight excluding hydrogens is 399 g/mol. The summed E-state index contributed by atoms with van der Waals surface area (Å²) >= 11 is 1.36. The molecule has 0 aromatic heterocycles. The molecule has 0 aliphatic heterocycles. The van der Waals surface area contributed by atoms with Crippen molar-refractivity contribution in [2.24, 2.45) is 0 Å². The van der Waals surface area contributed by atoms with E-state index in [2.05, 4.69) is 5.32 Å². The van der Waals surface area contributed by atoms with E-state index >= 15 is 0 Å². The summed E-state index contributed by atoms with van der Waals surface area (Å²) in [7, 11) is 0. The van der Waals surface area contributed by atoms with Crippen LogP contribution in [0, 0.1) is 12.7 Å². The number of benzene rings is 2. The molecule has 0 unspecified atom stereocenters. The highest BCUT2D eigenvalue weighted by molar-refractivity contribution is 7.99. The molecule has 0 aliphatic carbocycles. The van der Waals surface area contributed by atoms with Gasteiger partial charge in [0.1, 0.15) is 11.9 Å². The van der Waals surface area contributed by atoms with Gasteiger partial charge in [-0.3, -0.25) is 9.59 Å². The Morgan fingerprint density at radius 1 is 1.10 bits per heavy atom. The number of nitrogens with one attached hydrogen (secondary N) is 1. The number of carbonyl (C=O) groups is 2. The standard InChI is InChI=1S/C24H31FN2O2S/c1-4-14-26-24(29)22(5-2)27(15-19-12-10-18(3)11-13-19)23(28)17-30-16-20-8-6-7-9-21(20)25/h6-13,22H,4-5,14-17H2,1-3H3,(H,26,29)/t22-/m1/s1. The van der Waals surface area contributed by atoms with Gasteiger partial charge in [0.2, 0.25) is 11.8 Å². The first-order valence-electron chi connectivity index (χ1n) is 10.4. The number of thioether (sulfide) groups is 1. The average molecular weight is 431 g/mol. The summed E-state index contributed by atoms with van der Waals surface area (Å²) in [6.45, 7) is 6.88. The Kier molecular flexibility index (Phi) is 9.87. The Bertz CT molecular complexity index is 826. The highest BCUT2D eigenvalue weighted by atomic mass is 32.2. The molecule has 0 aliphatic rings. The first-order chi connectivity index (χ1) is 14.5. The van der Waals surface area contributed by atoms with E-state index in [1.165, 1.54) is 17.8 Å². The largest absolute Gasteiger partial charge is 0.354 e. The minimum atomic E-state index is -0.528. The monoisotopic (exact) mass is 430 g/mol. The molecule has 162 valence electrons. The Hall–Kier alpha value is -2.34. The fraction of sp³-hybridized carbons (Fsp3) is 0.417. The first-order valence-corrected chi connectivity index (χ1v) is 11.6. The second-order valence-electron chi connectivity index (χ2n) is 7.31. The fourth-order valence-corrected chi connectivity index (χ4v) is 4.02. The quantitative estimate of drug-likeness (QED) is 0.562. The van der Waals surface area contributed by atoms with Crippen molar-refractivity contribution >= 4 is 23.6 Å². The van der Waals surface area contributed by atoms with Crippen molar-refractivity contribution in [2.75, 3.05) is 12.3 Å². The maximum atomic E-state index is 13.8. The van der Waals surface area contributed by atoms with E-state index in [4.69, 9.17) is 0 Å². The molecule has 2 rings (SSSR count). The summed E-state index contributed by atoms with van der Waals surface area (Å²) in [6, 6.07) is 14.0. The lowest BCUT2D eigenvalue weighted by molar-refractivity contribution is -0.139. The fourth-order valence-electron chi connectivity index (χ4n) is 3.12. The molecule has 0 fully saturated rings. The van der Waals surface area contributed by atoms with Gasteiger partial charge >= 0.3 is 0 Å². The molecule has 2 aromatic carbocycles. The highest BCUT2D eigenvalue weighted by Gasteiger charge is 2.28. The van der Waals surface area contributed by atoms with Gasteiger partial charge in [0.05, 0.1) is 5.75 Å². The van der Waals surface area contributed by atoms with Crippen LogP contribution in [0.3, 0.4) is 0 Å². The van der Waals surface area contributed by atoms with Crippen molar-refractivity contribution in [3.8, 4) is 0 Å². The van der Waals surface area contributed by atoms with Crippen LogP contribution in [0.2, 0.25) is 0 Å². The van der Waals surface area contributed by atoms with Gasteiger partial charge in [-0.05, 0) is 37.0 Å². The third-order valence-electron chi connectivity index (χ3n) is 4.85. The molecular formula is C24H31FN2O2S. The molecule has 2 amide bonds. The topological polar surface area (TPSA) is 49.4 Å². The molecule has 0 saturated carbocycles. The Morgan fingerprint density at radius 3 is 2.43 bits per heavy atom. The van der Waals surface area contributed by atoms with E-state index in [1.807, 2.05) is 45.0 Å². The summed E-state index contributed by atoms with van der Waals surface area (Å²) in [4.78, 5) is 27.5. The van der Waals surface area contributed by atoms with Crippen molar-refractivity contribution in [1.82, 2.24) is 10.2 Å². The minimum Gasteiger partial charge on any atom is -0.354 e. The number of amides is 2.